The highest BCUT2D eigenvalue weighted by atomic mass is 16.5. The molecule has 89 heavy (non-hydrogen) atoms. The van der Waals surface area contributed by atoms with Gasteiger partial charge < -0.3 is 20.3 Å². The minimum Gasteiger partial charge on any atom is -0.466 e. The molecule has 0 aliphatic heterocycles. The molecule has 0 bridgehead atoms. The average Bonchev–Trinajstić information content (AvgIpc) is 3.55. The molecule has 0 saturated heterocycles. The van der Waals surface area contributed by atoms with E-state index in [1.165, 1.54) is 392 Å². The number of hydrogen-bond donors (Lipinski definition) is 3. The molecule has 0 rings (SSSR count). The number of rotatable bonds is 78. The fourth-order valence-corrected chi connectivity index (χ4v) is 13.2. The number of aliphatic hydroxyl groups excluding tert-OH is 2. The van der Waals surface area contributed by atoms with Gasteiger partial charge in [0.05, 0.1) is 25.4 Å². The Balaban J connectivity index is 3.34. The Morgan fingerprint density at radius 1 is 0.303 bits per heavy atom. The summed E-state index contributed by atoms with van der Waals surface area (Å²) in [5.74, 6) is -0.0121. The number of aliphatic hydroxyl groups is 2. The summed E-state index contributed by atoms with van der Waals surface area (Å²) in [6, 6.07) is -0.540. The first-order valence-electron chi connectivity index (χ1n) is 41.1. The van der Waals surface area contributed by atoms with Crippen LogP contribution in [0, 0.1) is 0 Å². The summed E-state index contributed by atoms with van der Waals surface area (Å²) < 4.78 is 5.50. The number of unbranched alkanes of at least 4 members (excludes halogenated alkanes) is 63. The second kappa shape index (κ2) is 78.8. The molecular formula is C83H161NO5. The van der Waals surface area contributed by atoms with Crippen LogP contribution in [0.25, 0.3) is 0 Å². The van der Waals surface area contributed by atoms with E-state index in [9.17, 15) is 19.8 Å². The molecule has 0 fully saturated rings. The molecule has 6 nitrogen and oxygen atoms in total. The van der Waals surface area contributed by atoms with Gasteiger partial charge in [-0.3, -0.25) is 9.59 Å². The van der Waals surface area contributed by atoms with Crippen LogP contribution in [-0.4, -0.2) is 47.4 Å². The van der Waals surface area contributed by atoms with E-state index in [2.05, 4.69) is 43.5 Å². The topological polar surface area (TPSA) is 95.9 Å². The molecule has 0 heterocycles. The van der Waals surface area contributed by atoms with Crippen molar-refractivity contribution in [2.45, 2.75) is 482 Å². The normalized spacial score (nSPS) is 12.5. The van der Waals surface area contributed by atoms with Crippen LogP contribution in [0.3, 0.4) is 0 Å². The molecule has 0 aliphatic carbocycles. The lowest BCUT2D eigenvalue weighted by atomic mass is 10.0. The van der Waals surface area contributed by atoms with E-state index in [0.717, 1.165) is 44.9 Å². The lowest BCUT2D eigenvalue weighted by Gasteiger charge is -2.22. The van der Waals surface area contributed by atoms with Gasteiger partial charge in [-0.25, -0.2) is 0 Å². The standard InChI is InChI=1S/C83H161NO5/c1-3-5-7-9-11-13-15-17-19-21-22-38-41-44-47-51-55-59-63-67-71-75-81(86)80(79-85)84-82(87)76-72-68-64-60-56-52-48-45-42-39-36-34-32-30-28-26-24-23-25-27-29-31-33-35-37-40-43-46-50-54-58-62-66-70-74-78-89-83(88)77-73-69-65-61-57-53-49-20-18-16-14-12-10-8-6-4-2/h20,25,27,49,80-81,85-86H,3-19,21-24,26,28-48,50-79H2,1-2H3,(H,84,87)/b27-25-,49-20-. The number of hydrogen-bond acceptors (Lipinski definition) is 5. The van der Waals surface area contributed by atoms with Crippen molar-refractivity contribution in [3.63, 3.8) is 0 Å². The fourth-order valence-electron chi connectivity index (χ4n) is 13.2. The minimum atomic E-state index is -0.663. The zero-order valence-electron chi connectivity index (χ0n) is 60.7. The van der Waals surface area contributed by atoms with Gasteiger partial charge in [0.2, 0.25) is 5.91 Å². The Kier molecular flexibility index (Phi) is 77.3. The van der Waals surface area contributed by atoms with Crippen molar-refractivity contribution in [2.24, 2.45) is 0 Å². The lowest BCUT2D eigenvalue weighted by Crippen LogP contribution is -2.45. The number of ether oxygens (including phenoxy) is 1. The molecular weight excluding hydrogens is 1090 g/mol. The predicted molar refractivity (Wildman–Crippen MR) is 393 cm³/mol. The zero-order valence-corrected chi connectivity index (χ0v) is 60.7. The van der Waals surface area contributed by atoms with Gasteiger partial charge in [0.15, 0.2) is 0 Å². The van der Waals surface area contributed by atoms with Crippen molar-refractivity contribution in [2.75, 3.05) is 13.2 Å². The molecule has 3 N–H and O–H groups in total. The molecule has 1 amide bonds. The van der Waals surface area contributed by atoms with Crippen LogP contribution in [0.2, 0.25) is 0 Å². The number of nitrogens with one attached hydrogen (secondary N) is 1. The highest BCUT2D eigenvalue weighted by Gasteiger charge is 2.20. The summed E-state index contributed by atoms with van der Waals surface area (Å²) in [7, 11) is 0. The molecule has 2 unspecified atom stereocenters. The van der Waals surface area contributed by atoms with E-state index in [-0.39, 0.29) is 18.5 Å². The molecule has 0 saturated carbocycles. The first kappa shape index (κ1) is 87.3. The smallest absolute Gasteiger partial charge is 0.305 e. The molecule has 0 aromatic rings. The van der Waals surface area contributed by atoms with E-state index < -0.39 is 12.1 Å². The maximum Gasteiger partial charge on any atom is 0.305 e. The molecule has 2 atom stereocenters. The highest BCUT2D eigenvalue weighted by Crippen LogP contribution is 2.20. The van der Waals surface area contributed by atoms with E-state index in [1.807, 2.05) is 0 Å². The van der Waals surface area contributed by atoms with Crippen LogP contribution in [0.1, 0.15) is 470 Å². The van der Waals surface area contributed by atoms with Gasteiger partial charge in [-0.1, -0.05) is 404 Å². The van der Waals surface area contributed by atoms with Crippen molar-refractivity contribution in [3.05, 3.63) is 24.3 Å². The first-order chi connectivity index (χ1) is 44.0. The molecule has 0 aromatic heterocycles. The Bertz CT molecular complexity index is 1400. The van der Waals surface area contributed by atoms with E-state index in [4.69, 9.17) is 4.74 Å². The van der Waals surface area contributed by atoms with Crippen molar-refractivity contribution >= 4 is 11.9 Å². The number of esters is 1. The van der Waals surface area contributed by atoms with Crippen molar-refractivity contribution in [1.29, 1.82) is 0 Å². The molecule has 0 aliphatic rings. The van der Waals surface area contributed by atoms with Gasteiger partial charge in [-0.05, 0) is 77.0 Å². The molecule has 528 valence electrons. The summed E-state index contributed by atoms with van der Waals surface area (Å²) in [6.07, 6.45) is 101. The Morgan fingerprint density at radius 3 is 0.798 bits per heavy atom. The van der Waals surface area contributed by atoms with Crippen LogP contribution >= 0.6 is 0 Å². The number of carbonyl (C=O) groups excluding carboxylic acids is 2. The van der Waals surface area contributed by atoms with Gasteiger partial charge in [-0.15, -0.1) is 0 Å². The fraction of sp³-hybridized carbons (Fsp3) is 0.928. The second-order valence-electron chi connectivity index (χ2n) is 28.5. The predicted octanol–water partition coefficient (Wildman–Crippen LogP) is 27.2. The monoisotopic (exact) mass is 1250 g/mol. The summed E-state index contributed by atoms with van der Waals surface area (Å²) >= 11 is 0. The van der Waals surface area contributed by atoms with E-state index >= 15 is 0 Å². The second-order valence-corrected chi connectivity index (χ2v) is 28.5. The largest absolute Gasteiger partial charge is 0.466 e. The number of carbonyl (C=O) groups is 2. The lowest BCUT2D eigenvalue weighted by molar-refractivity contribution is -0.143. The van der Waals surface area contributed by atoms with Crippen LogP contribution in [0.4, 0.5) is 0 Å². The van der Waals surface area contributed by atoms with Crippen molar-refractivity contribution in [1.82, 2.24) is 5.32 Å². The third-order valence-electron chi connectivity index (χ3n) is 19.5. The van der Waals surface area contributed by atoms with Gasteiger partial charge in [0.25, 0.3) is 0 Å². The summed E-state index contributed by atoms with van der Waals surface area (Å²) in [5.41, 5.74) is 0. The molecule has 0 aromatic carbocycles. The average molecular weight is 1250 g/mol. The third-order valence-corrected chi connectivity index (χ3v) is 19.5. The SMILES string of the molecule is CCCCCCCCC/C=C\CCCCCCCC(=O)OCCCCCCCCCCCCCCCC/C=C\CCCCCCCCCCCCCCCCCCCC(=O)NC(CO)C(O)CCCCCCCCCCCCCCCCCCCCCCC. The van der Waals surface area contributed by atoms with Crippen molar-refractivity contribution < 1.29 is 24.5 Å². The minimum absolute atomic E-state index is 0.0139. The maximum atomic E-state index is 12.6. The van der Waals surface area contributed by atoms with E-state index in [1.54, 1.807) is 0 Å². The van der Waals surface area contributed by atoms with Gasteiger partial charge in [-0.2, -0.15) is 0 Å². The quantitative estimate of drug-likeness (QED) is 0.0320. The summed E-state index contributed by atoms with van der Waals surface area (Å²) in [6.45, 7) is 5.00. The molecule has 0 spiro atoms. The van der Waals surface area contributed by atoms with Gasteiger partial charge in [0.1, 0.15) is 0 Å². The highest BCUT2D eigenvalue weighted by molar-refractivity contribution is 5.76. The molecule has 0 radical (unpaired) electrons. The Morgan fingerprint density at radius 2 is 0.528 bits per heavy atom. The van der Waals surface area contributed by atoms with E-state index in [0.29, 0.717) is 25.9 Å². The summed E-state index contributed by atoms with van der Waals surface area (Å²) in [5, 5.41) is 23.5. The third kappa shape index (κ3) is 75.3. The van der Waals surface area contributed by atoms with Gasteiger partial charge in [0, 0.05) is 12.8 Å². The van der Waals surface area contributed by atoms with Crippen LogP contribution in [0.15, 0.2) is 24.3 Å². The number of allylic oxidation sites excluding steroid dienone is 4. The van der Waals surface area contributed by atoms with Crippen LogP contribution < -0.4 is 5.32 Å². The van der Waals surface area contributed by atoms with Crippen molar-refractivity contribution in [3.8, 4) is 0 Å². The Hall–Kier alpha value is -1.66. The van der Waals surface area contributed by atoms with Crippen LogP contribution in [0.5, 0.6) is 0 Å². The van der Waals surface area contributed by atoms with Crippen LogP contribution in [-0.2, 0) is 14.3 Å². The van der Waals surface area contributed by atoms with Gasteiger partial charge >= 0.3 is 5.97 Å². The summed E-state index contributed by atoms with van der Waals surface area (Å²) in [4.78, 5) is 24.7. The first-order valence-corrected chi connectivity index (χ1v) is 41.1. The Labute approximate surface area is 558 Å². The zero-order chi connectivity index (χ0) is 64.2. The number of amides is 1. The maximum absolute atomic E-state index is 12.6. The molecule has 6 heteroatoms.